The Balaban J connectivity index is 1.92. The summed E-state index contributed by atoms with van der Waals surface area (Å²) >= 11 is 0. The Kier molecular flexibility index (Phi) is 2.99. The van der Waals surface area contributed by atoms with Gasteiger partial charge in [0.2, 0.25) is 0 Å². The number of amidine groups is 2. The zero-order valence-electron chi connectivity index (χ0n) is 10.6. The van der Waals surface area contributed by atoms with Crippen molar-refractivity contribution in [2.24, 2.45) is 9.98 Å². The monoisotopic (exact) mass is 247 g/mol. The number of rotatable bonds is 2. The average Bonchev–Trinajstić information content (AvgIpc) is 2.48. The molecule has 2 aromatic carbocycles. The maximum atomic E-state index is 4.52. The fourth-order valence-corrected chi connectivity index (χ4v) is 1.95. The summed E-state index contributed by atoms with van der Waals surface area (Å²) in [5.74, 6) is 1.63. The second-order valence-electron chi connectivity index (χ2n) is 4.29. The molecule has 0 aliphatic carbocycles. The third kappa shape index (κ3) is 2.48. The molecule has 0 saturated heterocycles. The molecule has 1 N–H and O–H groups in total. The van der Waals surface area contributed by atoms with Crippen LogP contribution < -0.4 is 5.32 Å². The molecule has 0 amide bonds. The summed E-state index contributed by atoms with van der Waals surface area (Å²) in [6, 6.07) is 21.8. The van der Waals surface area contributed by atoms with Gasteiger partial charge in [-0.15, -0.1) is 0 Å². The lowest BCUT2D eigenvalue weighted by Gasteiger charge is -2.19. The highest BCUT2D eigenvalue weighted by Crippen LogP contribution is 2.09. The number of hydrogen-bond acceptors (Lipinski definition) is 3. The van der Waals surface area contributed by atoms with E-state index < -0.39 is 0 Å². The van der Waals surface area contributed by atoms with Crippen LogP contribution >= 0.6 is 0 Å². The summed E-state index contributed by atoms with van der Waals surface area (Å²) in [4.78, 5) is 9.02. The van der Waals surface area contributed by atoms with Gasteiger partial charge in [-0.25, -0.2) is 9.98 Å². The van der Waals surface area contributed by atoms with E-state index in [1.165, 1.54) is 0 Å². The first-order valence-electron chi connectivity index (χ1n) is 6.20. The van der Waals surface area contributed by atoms with Gasteiger partial charge in [-0.05, 0) is 19.1 Å². The first-order chi connectivity index (χ1) is 9.33. The van der Waals surface area contributed by atoms with E-state index in [1.54, 1.807) is 0 Å². The molecular weight excluding hydrogens is 234 g/mol. The molecule has 92 valence electrons. The summed E-state index contributed by atoms with van der Waals surface area (Å²) in [5, 5.41) is 3.27. The van der Waals surface area contributed by atoms with Crippen LogP contribution in [0, 0.1) is 12.1 Å². The molecule has 3 rings (SSSR count). The lowest BCUT2D eigenvalue weighted by molar-refractivity contribution is 0.771. The van der Waals surface area contributed by atoms with Crippen molar-refractivity contribution in [3.05, 3.63) is 71.8 Å². The van der Waals surface area contributed by atoms with Crippen LogP contribution in [0.4, 0.5) is 0 Å². The van der Waals surface area contributed by atoms with Gasteiger partial charge in [0, 0.05) is 5.56 Å². The quantitative estimate of drug-likeness (QED) is 0.869. The standard InChI is InChI=1S/C16H13N3/c1-12-17-15(13-8-4-2-5-9-13)19-16(18-12)14-10-6-3-7-11-14/h2-6,8-10,12H,1H3,(H,17,18,19). The van der Waals surface area contributed by atoms with E-state index >= 15 is 0 Å². The SMILES string of the molecule is CC1N=C(c2c#cccc2)NC(c2ccccc2)=N1. The smallest absolute Gasteiger partial charge is 0.144 e. The topological polar surface area (TPSA) is 36.8 Å². The second-order valence-corrected chi connectivity index (χ2v) is 4.29. The molecule has 1 aliphatic rings. The average molecular weight is 247 g/mol. The molecule has 0 bridgehead atoms. The van der Waals surface area contributed by atoms with Crippen LogP contribution in [-0.2, 0) is 0 Å². The van der Waals surface area contributed by atoms with Gasteiger partial charge in [0.05, 0.1) is 5.56 Å². The summed E-state index contributed by atoms with van der Waals surface area (Å²) in [7, 11) is 0. The highest BCUT2D eigenvalue weighted by Gasteiger charge is 2.15. The first-order valence-corrected chi connectivity index (χ1v) is 6.20. The number of nitrogens with one attached hydrogen (secondary N) is 1. The predicted molar refractivity (Wildman–Crippen MR) is 76.2 cm³/mol. The van der Waals surface area contributed by atoms with E-state index in [0.717, 1.165) is 22.8 Å². The van der Waals surface area contributed by atoms with Gasteiger partial charge in [-0.3, -0.25) is 0 Å². The lowest BCUT2D eigenvalue weighted by atomic mass is 10.1. The van der Waals surface area contributed by atoms with E-state index in [-0.39, 0.29) is 6.17 Å². The maximum absolute atomic E-state index is 4.52. The fourth-order valence-electron chi connectivity index (χ4n) is 1.95. The Morgan fingerprint density at radius 3 is 2.53 bits per heavy atom. The molecule has 1 unspecified atom stereocenters. The highest BCUT2D eigenvalue weighted by atomic mass is 15.2. The number of aliphatic imine (C=N–C) groups is 2. The molecule has 1 atom stereocenters. The zero-order chi connectivity index (χ0) is 13.1. The second kappa shape index (κ2) is 4.95. The summed E-state index contributed by atoms with van der Waals surface area (Å²) < 4.78 is 0. The molecule has 1 aliphatic heterocycles. The van der Waals surface area contributed by atoms with Crippen molar-refractivity contribution in [2.45, 2.75) is 13.1 Å². The summed E-state index contributed by atoms with van der Waals surface area (Å²) in [6.45, 7) is 1.97. The molecule has 3 nitrogen and oxygen atoms in total. The molecule has 0 radical (unpaired) electrons. The first kappa shape index (κ1) is 11.5. The van der Waals surface area contributed by atoms with Gasteiger partial charge in [0.15, 0.2) is 0 Å². The van der Waals surface area contributed by atoms with Gasteiger partial charge < -0.3 is 5.32 Å². The van der Waals surface area contributed by atoms with E-state index in [1.807, 2.05) is 55.5 Å². The Morgan fingerprint density at radius 2 is 1.79 bits per heavy atom. The van der Waals surface area contributed by atoms with Crippen LogP contribution in [-0.4, -0.2) is 17.8 Å². The van der Waals surface area contributed by atoms with Crippen LogP contribution in [0.1, 0.15) is 18.1 Å². The number of nitrogens with zero attached hydrogens (tertiary/aromatic N) is 2. The van der Waals surface area contributed by atoms with Crippen LogP contribution in [0.5, 0.6) is 0 Å². The third-order valence-electron chi connectivity index (χ3n) is 2.82. The molecule has 0 aromatic heterocycles. The maximum Gasteiger partial charge on any atom is 0.144 e. The van der Waals surface area contributed by atoms with Crippen LogP contribution in [0.2, 0.25) is 0 Å². The molecule has 19 heavy (non-hydrogen) atoms. The summed E-state index contributed by atoms with van der Waals surface area (Å²) in [5.41, 5.74) is 1.96. The molecule has 0 saturated carbocycles. The Bertz CT molecular complexity index is 559. The number of benzene rings is 1. The molecule has 0 fully saturated rings. The fraction of sp³-hybridized carbons (Fsp3) is 0.125. The zero-order valence-corrected chi connectivity index (χ0v) is 10.6. The molecule has 0 spiro atoms. The van der Waals surface area contributed by atoms with Crippen molar-refractivity contribution >= 4 is 11.7 Å². The highest BCUT2D eigenvalue weighted by molar-refractivity contribution is 6.15. The van der Waals surface area contributed by atoms with E-state index in [0.29, 0.717) is 0 Å². The van der Waals surface area contributed by atoms with Crippen LogP contribution in [0.15, 0.2) is 58.5 Å². The van der Waals surface area contributed by atoms with Gasteiger partial charge in [-0.1, -0.05) is 48.5 Å². The van der Waals surface area contributed by atoms with Crippen molar-refractivity contribution in [1.29, 1.82) is 0 Å². The minimum atomic E-state index is -0.0972. The van der Waals surface area contributed by atoms with Gasteiger partial charge in [-0.2, -0.15) is 0 Å². The lowest BCUT2D eigenvalue weighted by Crippen LogP contribution is -2.36. The third-order valence-corrected chi connectivity index (χ3v) is 2.82. The van der Waals surface area contributed by atoms with Gasteiger partial charge in [0.1, 0.15) is 17.8 Å². The van der Waals surface area contributed by atoms with Gasteiger partial charge in [0.25, 0.3) is 0 Å². The van der Waals surface area contributed by atoms with Crippen molar-refractivity contribution in [2.75, 3.05) is 0 Å². The molecule has 3 heteroatoms. The van der Waals surface area contributed by atoms with E-state index in [2.05, 4.69) is 27.4 Å². The van der Waals surface area contributed by atoms with E-state index in [4.69, 9.17) is 0 Å². The molecular formula is C16H13N3. The Morgan fingerprint density at radius 1 is 1.00 bits per heavy atom. The van der Waals surface area contributed by atoms with Gasteiger partial charge >= 0.3 is 0 Å². The summed E-state index contributed by atoms with van der Waals surface area (Å²) in [6.07, 6.45) is -0.0972. The number of hydrogen-bond donors (Lipinski definition) is 1. The predicted octanol–water partition coefficient (Wildman–Crippen LogP) is 2.43. The van der Waals surface area contributed by atoms with Crippen LogP contribution in [0.25, 0.3) is 0 Å². The van der Waals surface area contributed by atoms with Crippen molar-refractivity contribution in [3.63, 3.8) is 0 Å². The molecule has 1 heterocycles. The Hall–Kier alpha value is -2.60. The molecule has 2 aromatic rings. The van der Waals surface area contributed by atoms with Crippen molar-refractivity contribution in [1.82, 2.24) is 5.32 Å². The van der Waals surface area contributed by atoms with E-state index in [9.17, 15) is 0 Å². The minimum absolute atomic E-state index is 0.0972. The van der Waals surface area contributed by atoms with Crippen molar-refractivity contribution < 1.29 is 0 Å². The van der Waals surface area contributed by atoms with Crippen LogP contribution in [0.3, 0.4) is 0 Å². The minimum Gasteiger partial charge on any atom is -0.324 e. The largest absolute Gasteiger partial charge is 0.324 e. The Labute approximate surface area is 112 Å². The normalized spacial score (nSPS) is 15.0. The van der Waals surface area contributed by atoms with Crippen molar-refractivity contribution in [3.8, 4) is 0 Å².